The standard InChI is InChI=1S/C29H50O2/c1-6-29(31)17-15-22-21(18-29)10-11-24-23(22)14-16-28(5)25(12-13-26(24)28)20(4)8-7-9-27(30)19(2)3/h10,19-20,22-27,30-31H,6-9,11-18H2,1-5H3/t20-,22+,23?,24-,25-,26+,27+,28-,29+/m1/s1. The molecule has 31 heavy (non-hydrogen) atoms. The van der Waals surface area contributed by atoms with Crippen LogP contribution < -0.4 is 0 Å². The van der Waals surface area contributed by atoms with Crippen molar-refractivity contribution in [3.63, 3.8) is 0 Å². The van der Waals surface area contributed by atoms with Crippen LogP contribution in [0, 0.1) is 46.8 Å². The van der Waals surface area contributed by atoms with Crippen molar-refractivity contribution in [3.8, 4) is 0 Å². The van der Waals surface area contributed by atoms with Gasteiger partial charge in [0.15, 0.2) is 0 Å². The van der Waals surface area contributed by atoms with Crippen LogP contribution in [0.1, 0.15) is 112 Å². The number of allylic oxidation sites excluding steroid dienone is 1. The minimum Gasteiger partial charge on any atom is -0.393 e. The molecule has 1 unspecified atom stereocenters. The van der Waals surface area contributed by atoms with Crippen molar-refractivity contribution in [3.05, 3.63) is 11.6 Å². The maximum atomic E-state index is 10.9. The first-order valence-corrected chi connectivity index (χ1v) is 13.8. The molecule has 4 rings (SSSR count). The summed E-state index contributed by atoms with van der Waals surface area (Å²) in [6.07, 6.45) is 17.0. The number of hydrogen-bond donors (Lipinski definition) is 2. The number of aliphatic hydroxyl groups excluding tert-OH is 1. The minimum atomic E-state index is -0.421. The minimum absolute atomic E-state index is 0.126. The highest BCUT2D eigenvalue weighted by molar-refractivity contribution is 5.22. The first-order chi connectivity index (χ1) is 14.7. The quantitative estimate of drug-likeness (QED) is 0.421. The zero-order chi connectivity index (χ0) is 22.4. The van der Waals surface area contributed by atoms with E-state index in [1.807, 2.05) is 0 Å². The van der Waals surface area contributed by atoms with Crippen molar-refractivity contribution in [2.45, 2.75) is 123 Å². The molecule has 4 aliphatic carbocycles. The van der Waals surface area contributed by atoms with Gasteiger partial charge in [0.05, 0.1) is 11.7 Å². The van der Waals surface area contributed by atoms with E-state index in [9.17, 15) is 10.2 Å². The molecule has 2 heteroatoms. The molecule has 0 saturated heterocycles. The fourth-order valence-electron chi connectivity index (χ4n) is 8.83. The van der Waals surface area contributed by atoms with Crippen LogP contribution in [0.15, 0.2) is 11.6 Å². The van der Waals surface area contributed by atoms with Gasteiger partial charge >= 0.3 is 0 Å². The maximum Gasteiger partial charge on any atom is 0.0682 e. The van der Waals surface area contributed by atoms with Crippen LogP contribution >= 0.6 is 0 Å². The molecule has 0 amide bonds. The molecule has 0 bridgehead atoms. The van der Waals surface area contributed by atoms with E-state index >= 15 is 0 Å². The average molecular weight is 431 g/mol. The molecular formula is C29H50O2. The lowest BCUT2D eigenvalue weighted by Gasteiger charge is -2.55. The van der Waals surface area contributed by atoms with E-state index in [-0.39, 0.29) is 6.10 Å². The fourth-order valence-corrected chi connectivity index (χ4v) is 8.83. The van der Waals surface area contributed by atoms with Crippen LogP contribution in [0.5, 0.6) is 0 Å². The molecule has 0 aromatic rings. The van der Waals surface area contributed by atoms with Crippen LogP contribution in [0.4, 0.5) is 0 Å². The highest BCUT2D eigenvalue weighted by Gasteiger charge is 2.57. The summed E-state index contributed by atoms with van der Waals surface area (Å²) in [7, 11) is 0. The molecule has 9 atom stereocenters. The van der Waals surface area contributed by atoms with Gasteiger partial charge in [-0.2, -0.15) is 0 Å². The Balaban J connectivity index is 1.41. The summed E-state index contributed by atoms with van der Waals surface area (Å²) in [6, 6.07) is 0. The summed E-state index contributed by atoms with van der Waals surface area (Å²) in [5.41, 5.74) is 1.73. The summed E-state index contributed by atoms with van der Waals surface area (Å²) in [5, 5.41) is 21.1. The molecule has 3 fully saturated rings. The van der Waals surface area contributed by atoms with Gasteiger partial charge in [-0.3, -0.25) is 0 Å². The molecule has 0 aliphatic heterocycles. The van der Waals surface area contributed by atoms with Crippen molar-refractivity contribution in [1.82, 2.24) is 0 Å². The SMILES string of the molecule is CC[C@]1(O)CC[C@H]2C(=CC[C@@H]3C2CC[C@]2(C)[C@@H]([C@H](C)CCC[C@H](O)C(C)C)CC[C@@H]32)C1. The number of rotatable bonds is 7. The fraction of sp³-hybridized carbons (Fsp3) is 0.931. The first kappa shape index (κ1) is 23.8. The molecule has 0 aromatic heterocycles. The third kappa shape index (κ3) is 4.42. The molecule has 178 valence electrons. The Hall–Kier alpha value is -0.340. The predicted octanol–water partition coefficient (Wildman–Crippen LogP) is 7.14. The molecule has 2 nitrogen and oxygen atoms in total. The van der Waals surface area contributed by atoms with Gasteiger partial charge in [-0.15, -0.1) is 0 Å². The second-order valence-electron chi connectivity index (χ2n) is 12.8. The third-order valence-corrected chi connectivity index (χ3v) is 10.9. The zero-order valence-electron chi connectivity index (χ0n) is 21.1. The smallest absolute Gasteiger partial charge is 0.0682 e. The Bertz CT molecular complexity index is 653. The Morgan fingerprint density at radius 1 is 1.03 bits per heavy atom. The van der Waals surface area contributed by atoms with Gasteiger partial charge in [-0.25, -0.2) is 0 Å². The van der Waals surface area contributed by atoms with E-state index in [1.165, 1.54) is 51.4 Å². The van der Waals surface area contributed by atoms with Crippen molar-refractivity contribution in [2.24, 2.45) is 46.8 Å². The summed E-state index contributed by atoms with van der Waals surface area (Å²) in [4.78, 5) is 0. The number of aliphatic hydroxyl groups is 2. The predicted molar refractivity (Wildman–Crippen MR) is 130 cm³/mol. The monoisotopic (exact) mass is 430 g/mol. The highest BCUT2D eigenvalue weighted by atomic mass is 16.3. The van der Waals surface area contributed by atoms with Gasteiger partial charge in [-0.1, -0.05) is 59.1 Å². The van der Waals surface area contributed by atoms with Gasteiger partial charge in [0.2, 0.25) is 0 Å². The van der Waals surface area contributed by atoms with Crippen LogP contribution in [-0.2, 0) is 0 Å². The number of hydrogen-bond acceptors (Lipinski definition) is 2. The normalized spacial score (nSPS) is 44.3. The van der Waals surface area contributed by atoms with E-state index in [0.29, 0.717) is 11.3 Å². The largest absolute Gasteiger partial charge is 0.393 e. The molecule has 0 radical (unpaired) electrons. The molecule has 0 heterocycles. The van der Waals surface area contributed by atoms with Crippen molar-refractivity contribution in [1.29, 1.82) is 0 Å². The molecule has 0 spiro atoms. The van der Waals surface area contributed by atoms with Crippen molar-refractivity contribution >= 4 is 0 Å². The zero-order valence-corrected chi connectivity index (χ0v) is 21.1. The Kier molecular flexibility index (Phi) is 7.01. The second-order valence-corrected chi connectivity index (χ2v) is 12.8. The van der Waals surface area contributed by atoms with Gasteiger partial charge in [0.1, 0.15) is 0 Å². The molecular weight excluding hydrogens is 380 g/mol. The summed E-state index contributed by atoms with van der Waals surface area (Å²) in [5.74, 6) is 5.49. The van der Waals surface area contributed by atoms with E-state index < -0.39 is 5.60 Å². The molecule has 3 saturated carbocycles. The Morgan fingerprint density at radius 3 is 2.52 bits per heavy atom. The van der Waals surface area contributed by atoms with Crippen LogP contribution in [-0.4, -0.2) is 21.9 Å². The Morgan fingerprint density at radius 2 is 1.81 bits per heavy atom. The summed E-state index contributed by atoms with van der Waals surface area (Å²) in [6.45, 7) is 11.6. The van der Waals surface area contributed by atoms with E-state index in [4.69, 9.17) is 0 Å². The average Bonchev–Trinajstić information content (AvgIpc) is 3.10. The maximum absolute atomic E-state index is 10.9. The summed E-state index contributed by atoms with van der Waals surface area (Å²) < 4.78 is 0. The lowest BCUT2D eigenvalue weighted by atomic mass is 9.50. The third-order valence-electron chi connectivity index (χ3n) is 10.9. The molecule has 4 aliphatic rings. The van der Waals surface area contributed by atoms with Gasteiger partial charge < -0.3 is 10.2 Å². The van der Waals surface area contributed by atoms with Crippen molar-refractivity contribution < 1.29 is 10.2 Å². The first-order valence-electron chi connectivity index (χ1n) is 13.8. The molecule has 0 aromatic carbocycles. The van der Waals surface area contributed by atoms with E-state index in [0.717, 1.165) is 61.2 Å². The lowest BCUT2D eigenvalue weighted by molar-refractivity contribution is -0.0461. The highest BCUT2D eigenvalue weighted by Crippen LogP contribution is 2.65. The lowest BCUT2D eigenvalue weighted by Crippen LogP contribution is -2.48. The van der Waals surface area contributed by atoms with Gasteiger partial charge in [0.25, 0.3) is 0 Å². The Labute approximate surface area is 192 Å². The van der Waals surface area contributed by atoms with Crippen molar-refractivity contribution in [2.75, 3.05) is 0 Å². The van der Waals surface area contributed by atoms with Crippen LogP contribution in [0.3, 0.4) is 0 Å². The number of fused-ring (bicyclic) bond motifs is 5. The summed E-state index contributed by atoms with van der Waals surface area (Å²) >= 11 is 0. The van der Waals surface area contributed by atoms with E-state index in [1.54, 1.807) is 5.57 Å². The van der Waals surface area contributed by atoms with Gasteiger partial charge in [0, 0.05) is 0 Å². The topological polar surface area (TPSA) is 40.5 Å². The van der Waals surface area contributed by atoms with Crippen LogP contribution in [0.25, 0.3) is 0 Å². The van der Waals surface area contributed by atoms with E-state index in [2.05, 4.69) is 40.7 Å². The van der Waals surface area contributed by atoms with Gasteiger partial charge in [-0.05, 0) is 111 Å². The second kappa shape index (κ2) is 9.13. The molecule has 2 N–H and O–H groups in total. The van der Waals surface area contributed by atoms with Crippen LogP contribution in [0.2, 0.25) is 0 Å².